The molecule has 0 spiro atoms. The molecule has 0 bridgehead atoms. The lowest BCUT2D eigenvalue weighted by Crippen LogP contribution is -2.44. The van der Waals surface area contributed by atoms with Gasteiger partial charge >= 0.3 is 6.03 Å². The Kier molecular flexibility index (Phi) is 5.82. The molecule has 0 aromatic heterocycles. The highest BCUT2D eigenvalue weighted by Crippen LogP contribution is 2.21. The molecule has 2 amide bonds. The van der Waals surface area contributed by atoms with E-state index in [1.165, 1.54) is 0 Å². The van der Waals surface area contributed by atoms with Crippen LogP contribution >= 0.6 is 0 Å². The summed E-state index contributed by atoms with van der Waals surface area (Å²) in [5.74, 6) is 0.150. The van der Waals surface area contributed by atoms with Crippen LogP contribution in [0, 0.1) is 11.3 Å². The summed E-state index contributed by atoms with van der Waals surface area (Å²) in [6.07, 6.45) is 4.87. The maximum Gasteiger partial charge on any atom is 0.315 e. The Morgan fingerprint density at radius 1 is 1.47 bits per heavy atom. The van der Waals surface area contributed by atoms with Gasteiger partial charge in [0.1, 0.15) is 0 Å². The molecule has 110 valence electrons. The highest BCUT2D eigenvalue weighted by molar-refractivity contribution is 5.74. The minimum Gasteiger partial charge on any atom is -0.396 e. The molecule has 0 radical (unpaired) electrons. The van der Waals surface area contributed by atoms with Crippen molar-refractivity contribution in [3.63, 3.8) is 0 Å². The molecular weight excluding hydrogens is 244 g/mol. The summed E-state index contributed by atoms with van der Waals surface area (Å²) in [4.78, 5) is 11.7. The van der Waals surface area contributed by atoms with Gasteiger partial charge in [0.2, 0.25) is 0 Å². The first-order valence-electron chi connectivity index (χ1n) is 6.84. The molecule has 1 aliphatic rings. The summed E-state index contributed by atoms with van der Waals surface area (Å²) in [5, 5.41) is 24.1. The minimum atomic E-state index is -0.372. The van der Waals surface area contributed by atoms with Gasteiger partial charge in [-0.15, -0.1) is 0 Å². The van der Waals surface area contributed by atoms with E-state index < -0.39 is 0 Å². The normalized spacial score (nSPS) is 24.3. The Morgan fingerprint density at radius 2 is 2.16 bits per heavy atom. The van der Waals surface area contributed by atoms with Gasteiger partial charge in [0.15, 0.2) is 0 Å². The first-order chi connectivity index (χ1) is 8.82. The fourth-order valence-electron chi connectivity index (χ4n) is 2.43. The molecular formula is C14H26N2O3. The van der Waals surface area contributed by atoms with Crippen molar-refractivity contribution in [3.05, 3.63) is 12.2 Å². The lowest BCUT2D eigenvalue weighted by molar-refractivity contribution is 0.128. The summed E-state index contributed by atoms with van der Waals surface area (Å²) in [5.41, 5.74) is -0.134. The molecule has 0 aromatic carbocycles. The average Bonchev–Trinajstić information content (AvgIpc) is 2.72. The third-order valence-electron chi connectivity index (χ3n) is 3.30. The van der Waals surface area contributed by atoms with Gasteiger partial charge in [-0.2, -0.15) is 0 Å². The van der Waals surface area contributed by atoms with Gasteiger partial charge in [0, 0.05) is 25.1 Å². The molecule has 3 atom stereocenters. The standard InChI is InChI=1S/C14H26N2O3/c1-10(18)7-14(2,3)9-15-13(19)16-12-5-4-11(6-12)8-17/h4-5,10-12,17-18H,6-9H2,1-3H3,(H2,15,16,19)/t10?,11-,12+/m0/s1. The lowest BCUT2D eigenvalue weighted by atomic mass is 9.87. The van der Waals surface area contributed by atoms with Gasteiger partial charge in [-0.1, -0.05) is 26.0 Å². The van der Waals surface area contributed by atoms with E-state index in [0.717, 1.165) is 6.42 Å². The molecule has 0 saturated heterocycles. The van der Waals surface area contributed by atoms with Crippen LogP contribution < -0.4 is 10.6 Å². The quantitative estimate of drug-likeness (QED) is 0.544. The molecule has 0 saturated carbocycles. The van der Waals surface area contributed by atoms with Gasteiger partial charge in [0.25, 0.3) is 0 Å². The minimum absolute atomic E-state index is 0.00275. The number of aliphatic hydroxyl groups excluding tert-OH is 2. The molecule has 0 heterocycles. The Balaban J connectivity index is 2.27. The van der Waals surface area contributed by atoms with Crippen LogP contribution in [-0.2, 0) is 0 Å². The van der Waals surface area contributed by atoms with E-state index in [0.29, 0.717) is 13.0 Å². The zero-order valence-corrected chi connectivity index (χ0v) is 12.0. The Bertz CT molecular complexity index is 327. The van der Waals surface area contributed by atoms with E-state index in [1.54, 1.807) is 6.92 Å². The van der Waals surface area contributed by atoms with E-state index in [-0.39, 0.29) is 36.1 Å². The SMILES string of the molecule is CC(O)CC(C)(C)CNC(=O)N[C@@H]1C=C[C@H](CO)C1. The second kappa shape index (κ2) is 6.91. The topological polar surface area (TPSA) is 81.6 Å². The van der Waals surface area contributed by atoms with E-state index in [4.69, 9.17) is 5.11 Å². The molecule has 1 aliphatic carbocycles. The van der Waals surface area contributed by atoms with Crippen molar-refractivity contribution in [2.45, 2.75) is 45.8 Å². The van der Waals surface area contributed by atoms with Gasteiger partial charge in [-0.05, 0) is 25.2 Å². The number of hydrogen-bond acceptors (Lipinski definition) is 3. The highest BCUT2D eigenvalue weighted by Gasteiger charge is 2.23. The molecule has 0 aliphatic heterocycles. The Hall–Kier alpha value is -1.07. The highest BCUT2D eigenvalue weighted by atomic mass is 16.3. The number of aliphatic hydroxyl groups is 2. The van der Waals surface area contributed by atoms with Crippen LogP contribution in [0.3, 0.4) is 0 Å². The van der Waals surface area contributed by atoms with Crippen molar-refractivity contribution in [1.82, 2.24) is 10.6 Å². The molecule has 19 heavy (non-hydrogen) atoms. The first-order valence-corrected chi connectivity index (χ1v) is 6.84. The van der Waals surface area contributed by atoms with Crippen molar-refractivity contribution in [1.29, 1.82) is 0 Å². The third kappa shape index (κ3) is 6.07. The van der Waals surface area contributed by atoms with Crippen LogP contribution in [0.2, 0.25) is 0 Å². The lowest BCUT2D eigenvalue weighted by Gasteiger charge is -2.26. The van der Waals surface area contributed by atoms with Crippen LogP contribution in [0.4, 0.5) is 4.79 Å². The van der Waals surface area contributed by atoms with Gasteiger partial charge < -0.3 is 20.8 Å². The maximum atomic E-state index is 11.7. The van der Waals surface area contributed by atoms with Gasteiger partial charge in [0.05, 0.1) is 6.10 Å². The smallest absolute Gasteiger partial charge is 0.315 e. The molecule has 0 aromatic rings. The van der Waals surface area contributed by atoms with Gasteiger partial charge in [-0.3, -0.25) is 0 Å². The number of urea groups is 1. The Labute approximate surface area is 115 Å². The van der Waals surface area contributed by atoms with E-state index in [1.807, 2.05) is 26.0 Å². The van der Waals surface area contributed by atoms with Gasteiger partial charge in [-0.25, -0.2) is 4.79 Å². The summed E-state index contributed by atoms with van der Waals surface area (Å²) < 4.78 is 0. The molecule has 4 N–H and O–H groups in total. The number of hydrogen-bond donors (Lipinski definition) is 4. The van der Waals surface area contributed by atoms with Crippen molar-refractivity contribution < 1.29 is 15.0 Å². The predicted molar refractivity (Wildman–Crippen MR) is 74.7 cm³/mol. The summed E-state index contributed by atoms with van der Waals surface area (Å²) in [6, 6.07) is -0.205. The number of amides is 2. The monoisotopic (exact) mass is 270 g/mol. The number of rotatable bonds is 6. The fraction of sp³-hybridized carbons (Fsp3) is 0.786. The third-order valence-corrected chi connectivity index (χ3v) is 3.30. The van der Waals surface area contributed by atoms with E-state index >= 15 is 0 Å². The Morgan fingerprint density at radius 3 is 2.68 bits per heavy atom. The van der Waals surface area contributed by atoms with Crippen molar-refractivity contribution >= 4 is 6.03 Å². The molecule has 1 rings (SSSR count). The number of carbonyl (C=O) groups excluding carboxylic acids is 1. The zero-order chi connectivity index (χ0) is 14.5. The fourth-order valence-corrected chi connectivity index (χ4v) is 2.43. The second-order valence-electron chi connectivity index (χ2n) is 6.21. The van der Waals surface area contributed by atoms with Crippen LogP contribution in [0.5, 0.6) is 0 Å². The maximum absolute atomic E-state index is 11.7. The van der Waals surface area contributed by atoms with Crippen LogP contribution in [0.25, 0.3) is 0 Å². The van der Waals surface area contributed by atoms with E-state index in [2.05, 4.69) is 10.6 Å². The average molecular weight is 270 g/mol. The molecule has 5 nitrogen and oxygen atoms in total. The van der Waals surface area contributed by atoms with Crippen molar-refractivity contribution in [3.8, 4) is 0 Å². The number of carbonyl (C=O) groups is 1. The largest absolute Gasteiger partial charge is 0.396 e. The van der Waals surface area contributed by atoms with Crippen LogP contribution in [-0.4, -0.2) is 41.5 Å². The number of nitrogens with one attached hydrogen (secondary N) is 2. The summed E-state index contributed by atoms with van der Waals surface area (Å²) in [7, 11) is 0. The zero-order valence-electron chi connectivity index (χ0n) is 12.0. The van der Waals surface area contributed by atoms with Crippen LogP contribution in [0.15, 0.2) is 12.2 Å². The van der Waals surface area contributed by atoms with Crippen LogP contribution in [0.1, 0.15) is 33.6 Å². The molecule has 5 heteroatoms. The van der Waals surface area contributed by atoms with Crippen molar-refractivity contribution in [2.24, 2.45) is 11.3 Å². The molecule has 1 unspecified atom stereocenters. The van der Waals surface area contributed by atoms with Crippen molar-refractivity contribution in [2.75, 3.05) is 13.2 Å². The molecule has 0 fully saturated rings. The predicted octanol–water partition coefficient (Wildman–Crippen LogP) is 1.02. The first kappa shape index (κ1) is 16.0. The summed E-state index contributed by atoms with van der Waals surface area (Å²) in [6.45, 7) is 6.41. The summed E-state index contributed by atoms with van der Waals surface area (Å²) >= 11 is 0. The second-order valence-corrected chi connectivity index (χ2v) is 6.21. The van der Waals surface area contributed by atoms with E-state index in [9.17, 15) is 9.90 Å².